The standard InChI is InChI=1S/C26H29ClN4O3/c1-17-22(25(32)28-10-11-34-16-18-2-3-18)8-9-24-23(17)15-31(29-24)14-19-12-30(13-19)26(33)20-4-6-21(27)7-5-20/h4-9,15,18-19H,2-3,10-14,16H2,1H3,(H,28,32). The number of likely N-dealkylation sites (tertiary alicyclic amines) is 1. The van der Waals surface area contributed by atoms with Crippen molar-refractivity contribution in [3.05, 3.63) is 64.3 Å². The topological polar surface area (TPSA) is 76.5 Å². The fourth-order valence-electron chi connectivity index (χ4n) is 4.38. The van der Waals surface area contributed by atoms with E-state index in [1.165, 1.54) is 12.8 Å². The Bertz CT molecular complexity index is 1200. The summed E-state index contributed by atoms with van der Waals surface area (Å²) in [6.45, 7) is 5.95. The summed E-state index contributed by atoms with van der Waals surface area (Å²) < 4.78 is 7.53. The van der Waals surface area contributed by atoms with Gasteiger partial charge in [-0.3, -0.25) is 14.3 Å². The average Bonchev–Trinajstić information content (AvgIpc) is 3.53. The molecular weight excluding hydrogens is 452 g/mol. The summed E-state index contributed by atoms with van der Waals surface area (Å²) in [4.78, 5) is 27.1. The van der Waals surface area contributed by atoms with Crippen molar-refractivity contribution in [3.8, 4) is 0 Å². The Morgan fingerprint density at radius 2 is 1.88 bits per heavy atom. The van der Waals surface area contributed by atoms with Gasteiger partial charge in [0.1, 0.15) is 0 Å². The van der Waals surface area contributed by atoms with Crippen molar-refractivity contribution in [2.24, 2.45) is 11.8 Å². The highest BCUT2D eigenvalue weighted by atomic mass is 35.5. The lowest BCUT2D eigenvalue weighted by molar-refractivity contribution is 0.0462. The first-order chi connectivity index (χ1) is 16.5. The molecule has 1 aliphatic carbocycles. The Labute approximate surface area is 204 Å². The van der Waals surface area contributed by atoms with Crippen LogP contribution in [-0.4, -0.2) is 59.3 Å². The number of aromatic nitrogens is 2. The maximum absolute atomic E-state index is 12.7. The van der Waals surface area contributed by atoms with Gasteiger partial charge in [-0.25, -0.2) is 0 Å². The van der Waals surface area contributed by atoms with Crippen LogP contribution in [0.3, 0.4) is 0 Å². The second kappa shape index (κ2) is 9.76. The quantitative estimate of drug-likeness (QED) is 0.471. The number of hydrogen-bond acceptors (Lipinski definition) is 4. The van der Waals surface area contributed by atoms with Crippen LogP contribution < -0.4 is 5.32 Å². The van der Waals surface area contributed by atoms with Gasteiger partial charge in [0.25, 0.3) is 11.8 Å². The Kier molecular flexibility index (Phi) is 6.57. The number of halogens is 1. The largest absolute Gasteiger partial charge is 0.379 e. The van der Waals surface area contributed by atoms with Crippen molar-refractivity contribution in [2.45, 2.75) is 26.3 Å². The molecule has 0 radical (unpaired) electrons. The Balaban J connectivity index is 1.15. The van der Waals surface area contributed by atoms with Gasteiger partial charge in [0.15, 0.2) is 0 Å². The van der Waals surface area contributed by atoms with Crippen LogP contribution in [0.4, 0.5) is 0 Å². The van der Waals surface area contributed by atoms with Crippen LogP contribution in [0.25, 0.3) is 10.9 Å². The van der Waals surface area contributed by atoms with Crippen LogP contribution in [0.1, 0.15) is 39.1 Å². The smallest absolute Gasteiger partial charge is 0.253 e. The first-order valence-corrected chi connectivity index (χ1v) is 12.2. The lowest BCUT2D eigenvalue weighted by atomic mass is 9.99. The minimum absolute atomic E-state index is 0.0305. The van der Waals surface area contributed by atoms with Crippen LogP contribution >= 0.6 is 11.6 Å². The molecule has 2 aliphatic rings. The molecule has 1 saturated heterocycles. The van der Waals surface area contributed by atoms with Crippen molar-refractivity contribution >= 4 is 34.3 Å². The second-order valence-electron chi connectivity index (χ2n) is 9.38. The van der Waals surface area contributed by atoms with E-state index in [0.717, 1.165) is 35.5 Å². The minimum Gasteiger partial charge on any atom is -0.379 e. The molecule has 1 aromatic heterocycles. The Morgan fingerprint density at radius 3 is 2.62 bits per heavy atom. The fraction of sp³-hybridized carbons (Fsp3) is 0.423. The molecule has 1 N–H and O–H groups in total. The summed E-state index contributed by atoms with van der Waals surface area (Å²) in [5.74, 6) is 1.02. The number of aryl methyl sites for hydroxylation is 1. The highest BCUT2D eigenvalue weighted by Gasteiger charge is 2.31. The minimum atomic E-state index is -0.0856. The van der Waals surface area contributed by atoms with Gasteiger partial charge >= 0.3 is 0 Å². The van der Waals surface area contributed by atoms with E-state index in [4.69, 9.17) is 16.3 Å². The normalized spacial score (nSPS) is 16.0. The second-order valence-corrected chi connectivity index (χ2v) is 9.82. The molecule has 2 fully saturated rings. The number of hydrogen-bond donors (Lipinski definition) is 1. The van der Waals surface area contributed by atoms with E-state index in [-0.39, 0.29) is 11.8 Å². The van der Waals surface area contributed by atoms with Gasteiger partial charge in [-0.05, 0) is 67.6 Å². The van der Waals surface area contributed by atoms with Crippen LogP contribution in [0, 0.1) is 18.8 Å². The third kappa shape index (κ3) is 5.10. The van der Waals surface area contributed by atoms with Crippen molar-refractivity contribution in [1.29, 1.82) is 0 Å². The lowest BCUT2D eigenvalue weighted by Gasteiger charge is -2.39. The predicted molar refractivity (Wildman–Crippen MR) is 131 cm³/mol. The van der Waals surface area contributed by atoms with Crippen molar-refractivity contribution in [1.82, 2.24) is 20.0 Å². The molecule has 2 aromatic carbocycles. The van der Waals surface area contributed by atoms with Gasteiger partial charge in [0, 0.05) is 66.4 Å². The van der Waals surface area contributed by atoms with E-state index >= 15 is 0 Å². The number of fused-ring (bicyclic) bond motifs is 1. The summed E-state index contributed by atoms with van der Waals surface area (Å²) in [6.07, 6.45) is 4.53. The zero-order chi connectivity index (χ0) is 23.7. The molecule has 178 valence electrons. The Morgan fingerprint density at radius 1 is 1.12 bits per heavy atom. The number of amides is 2. The molecule has 0 bridgehead atoms. The maximum atomic E-state index is 12.7. The van der Waals surface area contributed by atoms with E-state index in [0.29, 0.717) is 48.3 Å². The molecule has 2 heterocycles. The van der Waals surface area contributed by atoms with Crippen LogP contribution in [-0.2, 0) is 11.3 Å². The summed E-state index contributed by atoms with van der Waals surface area (Å²) in [7, 11) is 0. The number of nitrogens with one attached hydrogen (secondary N) is 1. The highest BCUT2D eigenvalue weighted by molar-refractivity contribution is 6.30. The number of carbonyl (C=O) groups excluding carboxylic acids is 2. The van der Waals surface area contributed by atoms with E-state index in [1.807, 2.05) is 34.8 Å². The molecule has 7 nitrogen and oxygen atoms in total. The first kappa shape index (κ1) is 22.9. The lowest BCUT2D eigenvalue weighted by Crippen LogP contribution is -2.51. The summed E-state index contributed by atoms with van der Waals surface area (Å²) in [5.41, 5.74) is 3.12. The van der Waals surface area contributed by atoms with Crippen molar-refractivity contribution in [2.75, 3.05) is 32.8 Å². The third-order valence-corrected chi connectivity index (χ3v) is 6.87. The number of rotatable bonds is 9. The number of ether oxygens (including phenoxy) is 1. The summed E-state index contributed by atoms with van der Waals surface area (Å²) >= 11 is 5.91. The molecule has 2 amide bonds. The van der Waals surface area contributed by atoms with Gasteiger partial charge in [-0.2, -0.15) is 5.10 Å². The third-order valence-electron chi connectivity index (χ3n) is 6.61. The molecule has 1 saturated carbocycles. The number of benzene rings is 2. The monoisotopic (exact) mass is 480 g/mol. The van der Waals surface area contributed by atoms with E-state index < -0.39 is 0 Å². The van der Waals surface area contributed by atoms with Crippen LogP contribution in [0.2, 0.25) is 5.02 Å². The highest BCUT2D eigenvalue weighted by Crippen LogP contribution is 2.28. The summed E-state index contributed by atoms with van der Waals surface area (Å²) in [5, 5.41) is 9.24. The molecular formula is C26H29ClN4O3. The van der Waals surface area contributed by atoms with Gasteiger partial charge in [-0.1, -0.05) is 11.6 Å². The molecule has 8 heteroatoms. The predicted octanol–water partition coefficient (Wildman–Crippen LogP) is 3.93. The zero-order valence-corrected chi connectivity index (χ0v) is 20.1. The zero-order valence-electron chi connectivity index (χ0n) is 19.3. The van der Waals surface area contributed by atoms with Gasteiger partial charge < -0.3 is 15.0 Å². The van der Waals surface area contributed by atoms with Crippen LogP contribution in [0.15, 0.2) is 42.6 Å². The number of carbonyl (C=O) groups is 2. The molecule has 1 aliphatic heterocycles. The van der Waals surface area contributed by atoms with Gasteiger partial charge in [-0.15, -0.1) is 0 Å². The summed E-state index contributed by atoms with van der Waals surface area (Å²) in [6, 6.07) is 10.7. The van der Waals surface area contributed by atoms with Gasteiger partial charge in [0.05, 0.1) is 12.1 Å². The van der Waals surface area contributed by atoms with Crippen LogP contribution in [0.5, 0.6) is 0 Å². The van der Waals surface area contributed by atoms with Gasteiger partial charge in [0.2, 0.25) is 0 Å². The molecule has 0 unspecified atom stereocenters. The van der Waals surface area contributed by atoms with E-state index in [2.05, 4.69) is 10.4 Å². The molecule has 0 atom stereocenters. The Hall–Kier alpha value is -2.90. The average molecular weight is 481 g/mol. The first-order valence-electron chi connectivity index (χ1n) is 11.9. The maximum Gasteiger partial charge on any atom is 0.253 e. The number of nitrogens with zero attached hydrogens (tertiary/aromatic N) is 3. The fourth-order valence-corrected chi connectivity index (χ4v) is 4.50. The van der Waals surface area contributed by atoms with E-state index in [1.54, 1.807) is 24.3 Å². The molecule has 5 rings (SSSR count). The molecule has 34 heavy (non-hydrogen) atoms. The molecule has 0 spiro atoms. The van der Waals surface area contributed by atoms with Crippen molar-refractivity contribution < 1.29 is 14.3 Å². The molecule has 3 aromatic rings. The van der Waals surface area contributed by atoms with Crippen molar-refractivity contribution in [3.63, 3.8) is 0 Å². The van der Waals surface area contributed by atoms with E-state index in [9.17, 15) is 9.59 Å². The SMILES string of the molecule is Cc1c(C(=O)NCCOCC2CC2)ccc2nn(CC3CN(C(=O)c4ccc(Cl)cc4)C3)cc12.